The molecule has 0 aliphatic heterocycles. The molecule has 12 heavy (non-hydrogen) atoms. The lowest BCUT2D eigenvalue weighted by molar-refractivity contribution is 0.338. The number of aryl methyl sites for hydroxylation is 1. The molecule has 1 heterocycles. The van der Waals surface area contributed by atoms with Crippen molar-refractivity contribution in [2.45, 2.75) is 40.5 Å². The fraction of sp³-hybridized carbons (Fsp3) is 0.700. The highest BCUT2D eigenvalue weighted by molar-refractivity contribution is 7.09. The Kier molecular flexibility index (Phi) is 2.57. The van der Waals surface area contributed by atoms with Crippen LogP contribution in [0.3, 0.4) is 0 Å². The largest absolute Gasteiger partial charge is 0.246 e. The molecule has 0 fully saturated rings. The third kappa shape index (κ3) is 2.07. The van der Waals surface area contributed by atoms with Crippen LogP contribution >= 0.6 is 11.3 Å². The monoisotopic (exact) mass is 183 g/mol. The Balaban J connectivity index is 2.85. The highest BCUT2D eigenvalue weighted by Gasteiger charge is 2.23. The zero-order valence-corrected chi connectivity index (χ0v) is 9.33. The van der Waals surface area contributed by atoms with E-state index in [4.69, 9.17) is 0 Å². The molecule has 0 aromatic carbocycles. The Labute approximate surface area is 78.8 Å². The first-order valence-electron chi connectivity index (χ1n) is 4.33. The van der Waals surface area contributed by atoms with Crippen LogP contribution in [0.5, 0.6) is 0 Å². The molecule has 0 aliphatic carbocycles. The fourth-order valence-electron chi connectivity index (χ4n) is 0.941. The normalized spacial score (nSPS) is 14.8. The topological polar surface area (TPSA) is 12.9 Å². The van der Waals surface area contributed by atoms with Gasteiger partial charge >= 0.3 is 0 Å². The predicted octanol–water partition coefficient (Wildman–Crippen LogP) is 3.60. The Bertz CT molecular complexity index is 257. The maximum atomic E-state index is 4.50. The van der Waals surface area contributed by atoms with Gasteiger partial charge in [-0.2, -0.15) is 0 Å². The standard InChI is InChI=1S/C10H17NS/c1-7-6-12-9(11-7)8(2)10(3,4)5/h6,8H,1-5H3. The molecule has 1 atom stereocenters. The Hall–Kier alpha value is -0.370. The van der Waals surface area contributed by atoms with Gasteiger partial charge in [-0.1, -0.05) is 27.7 Å². The van der Waals surface area contributed by atoms with Crippen molar-refractivity contribution in [2.24, 2.45) is 5.41 Å². The van der Waals surface area contributed by atoms with Crippen LogP contribution in [0.1, 0.15) is 44.3 Å². The van der Waals surface area contributed by atoms with Gasteiger partial charge in [0.2, 0.25) is 0 Å². The van der Waals surface area contributed by atoms with Crippen molar-refractivity contribution in [1.29, 1.82) is 0 Å². The van der Waals surface area contributed by atoms with Gasteiger partial charge in [-0.15, -0.1) is 11.3 Å². The zero-order valence-electron chi connectivity index (χ0n) is 8.51. The fourth-order valence-corrected chi connectivity index (χ4v) is 2.04. The number of hydrogen-bond donors (Lipinski definition) is 0. The molecule has 1 rings (SSSR count). The molecular formula is C10H17NS. The Morgan fingerprint density at radius 2 is 2.00 bits per heavy atom. The van der Waals surface area contributed by atoms with Gasteiger partial charge in [0.15, 0.2) is 0 Å². The summed E-state index contributed by atoms with van der Waals surface area (Å²) in [6.45, 7) is 11.1. The molecule has 0 amide bonds. The third-order valence-corrected chi connectivity index (χ3v) is 3.45. The molecule has 0 N–H and O–H groups in total. The van der Waals surface area contributed by atoms with Crippen LogP contribution < -0.4 is 0 Å². The molecule has 1 nitrogen and oxygen atoms in total. The van der Waals surface area contributed by atoms with Crippen molar-refractivity contribution in [3.05, 3.63) is 16.1 Å². The van der Waals surface area contributed by atoms with Crippen LogP contribution in [0.25, 0.3) is 0 Å². The smallest absolute Gasteiger partial charge is 0.0961 e. The molecule has 1 unspecified atom stereocenters. The summed E-state index contributed by atoms with van der Waals surface area (Å²) >= 11 is 1.77. The second-order valence-electron chi connectivity index (χ2n) is 4.41. The van der Waals surface area contributed by atoms with E-state index < -0.39 is 0 Å². The first kappa shape index (κ1) is 9.72. The number of nitrogens with zero attached hydrogens (tertiary/aromatic N) is 1. The van der Waals surface area contributed by atoms with Crippen LogP contribution in [0.4, 0.5) is 0 Å². The lowest BCUT2D eigenvalue weighted by Gasteiger charge is -2.25. The summed E-state index contributed by atoms with van der Waals surface area (Å²) in [5, 5.41) is 3.39. The number of rotatable bonds is 1. The molecule has 1 aromatic rings. The number of aromatic nitrogens is 1. The molecule has 0 radical (unpaired) electrons. The van der Waals surface area contributed by atoms with E-state index in [0.29, 0.717) is 11.3 Å². The van der Waals surface area contributed by atoms with Gasteiger partial charge in [0.1, 0.15) is 0 Å². The molecule has 0 spiro atoms. The third-order valence-electron chi connectivity index (χ3n) is 2.31. The van der Waals surface area contributed by atoms with E-state index in [2.05, 4.69) is 45.0 Å². The summed E-state index contributed by atoms with van der Waals surface area (Å²) in [6.07, 6.45) is 0. The van der Waals surface area contributed by atoms with Crippen molar-refractivity contribution in [2.75, 3.05) is 0 Å². The van der Waals surface area contributed by atoms with Gasteiger partial charge in [-0.3, -0.25) is 0 Å². The second-order valence-corrected chi connectivity index (χ2v) is 5.30. The van der Waals surface area contributed by atoms with E-state index >= 15 is 0 Å². The van der Waals surface area contributed by atoms with Gasteiger partial charge in [-0.05, 0) is 12.3 Å². The average Bonchev–Trinajstić information content (AvgIpc) is 2.32. The average molecular weight is 183 g/mol. The van der Waals surface area contributed by atoms with E-state index in [1.807, 2.05) is 0 Å². The summed E-state index contributed by atoms with van der Waals surface area (Å²) in [4.78, 5) is 4.50. The minimum absolute atomic E-state index is 0.324. The van der Waals surface area contributed by atoms with Crippen LogP contribution in [0, 0.1) is 12.3 Å². The minimum atomic E-state index is 0.324. The Morgan fingerprint density at radius 1 is 1.42 bits per heavy atom. The van der Waals surface area contributed by atoms with E-state index in [1.54, 1.807) is 11.3 Å². The van der Waals surface area contributed by atoms with E-state index in [0.717, 1.165) is 5.69 Å². The summed E-state index contributed by atoms with van der Waals surface area (Å²) in [7, 11) is 0. The summed E-state index contributed by atoms with van der Waals surface area (Å²) in [5.74, 6) is 0.552. The molecular weight excluding hydrogens is 166 g/mol. The van der Waals surface area contributed by atoms with Crippen molar-refractivity contribution in [3.63, 3.8) is 0 Å². The maximum Gasteiger partial charge on any atom is 0.0961 e. The van der Waals surface area contributed by atoms with Crippen LogP contribution in [0.2, 0.25) is 0 Å². The van der Waals surface area contributed by atoms with E-state index in [1.165, 1.54) is 5.01 Å². The maximum absolute atomic E-state index is 4.50. The predicted molar refractivity (Wildman–Crippen MR) is 54.7 cm³/mol. The first-order valence-corrected chi connectivity index (χ1v) is 5.21. The van der Waals surface area contributed by atoms with Gasteiger partial charge in [0.25, 0.3) is 0 Å². The molecule has 0 bridgehead atoms. The molecule has 1 aromatic heterocycles. The molecule has 68 valence electrons. The molecule has 2 heteroatoms. The van der Waals surface area contributed by atoms with Crippen molar-refractivity contribution < 1.29 is 0 Å². The second kappa shape index (κ2) is 3.17. The number of hydrogen-bond acceptors (Lipinski definition) is 2. The quantitative estimate of drug-likeness (QED) is 0.648. The van der Waals surface area contributed by atoms with Gasteiger partial charge < -0.3 is 0 Å². The summed E-state index contributed by atoms with van der Waals surface area (Å²) < 4.78 is 0. The minimum Gasteiger partial charge on any atom is -0.246 e. The van der Waals surface area contributed by atoms with Crippen molar-refractivity contribution in [1.82, 2.24) is 4.98 Å². The first-order chi connectivity index (χ1) is 5.41. The van der Waals surface area contributed by atoms with Gasteiger partial charge in [-0.25, -0.2) is 4.98 Å². The highest BCUT2D eigenvalue weighted by atomic mass is 32.1. The van der Waals surface area contributed by atoms with E-state index in [9.17, 15) is 0 Å². The van der Waals surface area contributed by atoms with Crippen LogP contribution in [-0.4, -0.2) is 4.98 Å². The van der Waals surface area contributed by atoms with Crippen LogP contribution in [-0.2, 0) is 0 Å². The summed E-state index contributed by atoms with van der Waals surface area (Å²) in [5.41, 5.74) is 1.47. The van der Waals surface area contributed by atoms with Gasteiger partial charge in [0.05, 0.1) is 5.01 Å². The summed E-state index contributed by atoms with van der Waals surface area (Å²) in [6, 6.07) is 0. The SMILES string of the molecule is Cc1csc(C(C)C(C)(C)C)n1. The van der Waals surface area contributed by atoms with Crippen molar-refractivity contribution in [3.8, 4) is 0 Å². The lowest BCUT2D eigenvalue weighted by atomic mass is 9.82. The van der Waals surface area contributed by atoms with Crippen LogP contribution in [0.15, 0.2) is 5.38 Å². The molecule has 0 aliphatic rings. The zero-order chi connectivity index (χ0) is 9.35. The van der Waals surface area contributed by atoms with Crippen molar-refractivity contribution >= 4 is 11.3 Å². The molecule has 0 saturated heterocycles. The van der Waals surface area contributed by atoms with Gasteiger partial charge in [0, 0.05) is 17.0 Å². The number of thiazole rings is 1. The molecule has 0 saturated carbocycles. The lowest BCUT2D eigenvalue weighted by Crippen LogP contribution is -2.14. The van der Waals surface area contributed by atoms with E-state index in [-0.39, 0.29) is 0 Å². The highest BCUT2D eigenvalue weighted by Crippen LogP contribution is 2.35. The Morgan fingerprint density at radius 3 is 2.33 bits per heavy atom.